The molecule has 0 rings (SSSR count). The molecule has 0 aliphatic heterocycles. The fourth-order valence-corrected chi connectivity index (χ4v) is 0.279. The predicted molar refractivity (Wildman–Crippen MR) is 80.8 cm³/mol. The minimum absolute atomic E-state index is 0.744. The first-order chi connectivity index (χ1) is 9.84. The van der Waals surface area contributed by atoms with Crippen molar-refractivity contribution < 1.29 is 39.6 Å². The smallest absolute Gasteiger partial charge is 0.300 e. The van der Waals surface area contributed by atoms with Crippen molar-refractivity contribution in [2.75, 3.05) is 19.6 Å². The Morgan fingerprint density at radius 1 is 0.773 bits per heavy atom. The topological polar surface area (TPSA) is 187 Å². The van der Waals surface area contributed by atoms with Crippen LogP contribution in [0.1, 0.15) is 34.6 Å². The summed E-state index contributed by atoms with van der Waals surface area (Å²) >= 11 is 0. The lowest BCUT2D eigenvalue weighted by Crippen LogP contribution is -2.21. The third kappa shape index (κ3) is 7850. The molecular weight excluding hydrogens is 300 g/mol. The van der Waals surface area contributed by atoms with Crippen molar-refractivity contribution in [1.29, 1.82) is 0 Å². The van der Waals surface area contributed by atoms with Gasteiger partial charge in [-0.1, -0.05) is 6.92 Å². The van der Waals surface area contributed by atoms with Gasteiger partial charge < -0.3 is 31.5 Å². The van der Waals surface area contributed by atoms with Gasteiger partial charge in [-0.2, -0.15) is 0 Å². The van der Waals surface area contributed by atoms with Crippen LogP contribution in [-0.4, -0.2) is 63.9 Å². The average molecular weight is 328 g/mol. The first kappa shape index (κ1) is 31.9. The lowest BCUT2D eigenvalue weighted by atomic mass is 10.6. The van der Waals surface area contributed by atoms with E-state index in [-0.39, 0.29) is 0 Å². The summed E-state index contributed by atoms with van der Waals surface area (Å²) in [5.41, 5.74) is 5.15. The van der Waals surface area contributed by atoms with Crippen LogP contribution < -0.4 is 11.1 Å². The van der Waals surface area contributed by atoms with Gasteiger partial charge in [0.15, 0.2) is 0 Å². The van der Waals surface area contributed by atoms with Crippen LogP contribution in [0.5, 0.6) is 0 Å². The van der Waals surface area contributed by atoms with Crippen molar-refractivity contribution in [1.82, 2.24) is 5.32 Å². The van der Waals surface area contributed by atoms with Gasteiger partial charge in [-0.05, 0) is 6.54 Å². The maximum absolute atomic E-state index is 9.00. The quantitative estimate of drug-likeness (QED) is 0.382. The Balaban J connectivity index is -0.0000000555. The summed E-state index contributed by atoms with van der Waals surface area (Å²) in [5, 5.41) is 32.7. The normalized spacial score (nSPS) is 7.00. The Bertz CT molecular complexity index is 214. The first-order valence-corrected chi connectivity index (χ1v) is 6.03. The molecule has 0 aromatic rings. The maximum atomic E-state index is 9.00. The second-order valence-electron chi connectivity index (χ2n) is 3.22. The molecule has 22 heavy (non-hydrogen) atoms. The van der Waals surface area contributed by atoms with Gasteiger partial charge in [0.1, 0.15) is 0 Å². The van der Waals surface area contributed by atoms with Gasteiger partial charge in [0.05, 0.1) is 0 Å². The highest BCUT2D eigenvalue weighted by atomic mass is 16.4. The summed E-state index contributed by atoms with van der Waals surface area (Å²) in [5.74, 6) is -3.33. The van der Waals surface area contributed by atoms with Crippen molar-refractivity contribution in [3.8, 4) is 0 Å². The molecule has 0 aliphatic carbocycles. The molecule has 0 saturated heterocycles. The molecule has 0 heterocycles. The highest BCUT2D eigenvalue weighted by Crippen LogP contribution is 1.48. The second kappa shape index (κ2) is 31.3. The fraction of sp³-hybridized carbons (Fsp3) is 0.667. The molecule has 0 spiro atoms. The Morgan fingerprint density at radius 2 is 0.955 bits per heavy atom. The number of hydrogen-bond donors (Lipinski definition) is 6. The van der Waals surface area contributed by atoms with Gasteiger partial charge in [0.25, 0.3) is 23.9 Å². The summed E-state index contributed by atoms with van der Waals surface area (Å²) in [6.45, 7) is 9.11. The van der Waals surface area contributed by atoms with Gasteiger partial charge in [0.2, 0.25) is 0 Å². The number of hydrogen-bond acceptors (Lipinski definition) is 6. The number of nitrogens with one attached hydrogen (secondary N) is 1. The molecule has 0 aromatic heterocycles. The minimum Gasteiger partial charge on any atom is -0.481 e. The molecule has 0 radical (unpaired) electrons. The molecule has 0 amide bonds. The van der Waals surface area contributed by atoms with Crippen molar-refractivity contribution in [3.63, 3.8) is 0 Å². The van der Waals surface area contributed by atoms with Crippen LogP contribution in [0.4, 0.5) is 0 Å². The summed E-state index contributed by atoms with van der Waals surface area (Å²) in [4.78, 5) is 36.0. The monoisotopic (exact) mass is 328 g/mol. The van der Waals surface area contributed by atoms with Gasteiger partial charge in [-0.25, -0.2) is 0 Å². The number of carboxylic acid groups (broad SMARTS) is 4. The standard InChI is InChI=1S/C4H12N2.4C2H4O2/c1-2-6-4-3-5;4*1-2(3)4/h6H,2-5H2,1H3;4*1H3,(H,3,4). The molecule has 0 unspecified atom stereocenters. The van der Waals surface area contributed by atoms with Crippen molar-refractivity contribution >= 4 is 23.9 Å². The molecule has 134 valence electrons. The van der Waals surface area contributed by atoms with E-state index in [0.717, 1.165) is 47.3 Å². The molecule has 0 fully saturated rings. The van der Waals surface area contributed by atoms with Crippen LogP contribution in [0, 0.1) is 0 Å². The number of carbonyl (C=O) groups is 4. The van der Waals surface area contributed by atoms with E-state index in [1.807, 2.05) is 0 Å². The van der Waals surface area contributed by atoms with Crippen molar-refractivity contribution in [2.24, 2.45) is 5.73 Å². The Morgan fingerprint density at radius 3 is 1.00 bits per heavy atom. The Labute approximate surface area is 129 Å². The molecule has 7 N–H and O–H groups in total. The summed E-state index contributed by atoms with van der Waals surface area (Å²) in [7, 11) is 0. The third-order valence-electron chi connectivity index (χ3n) is 0.571. The first-order valence-electron chi connectivity index (χ1n) is 6.03. The van der Waals surface area contributed by atoms with Gasteiger partial charge in [-0.15, -0.1) is 0 Å². The van der Waals surface area contributed by atoms with E-state index in [9.17, 15) is 0 Å². The SMILES string of the molecule is CC(=O)O.CC(=O)O.CC(=O)O.CC(=O)O.CCNCCN. The molecule has 0 aliphatic rings. The van der Waals surface area contributed by atoms with Crippen LogP contribution in [0.3, 0.4) is 0 Å². The largest absolute Gasteiger partial charge is 0.481 e. The number of nitrogens with two attached hydrogens (primary N) is 1. The number of likely N-dealkylation sites (N-methyl/N-ethyl adjacent to an activating group) is 1. The zero-order valence-electron chi connectivity index (χ0n) is 13.6. The van der Waals surface area contributed by atoms with Gasteiger partial charge in [0, 0.05) is 40.8 Å². The van der Waals surface area contributed by atoms with Crippen LogP contribution in [0.25, 0.3) is 0 Å². The van der Waals surface area contributed by atoms with E-state index in [1.54, 1.807) is 0 Å². The Kier molecular flexibility index (Phi) is 45.4. The number of carboxylic acids is 4. The lowest BCUT2D eigenvalue weighted by Gasteiger charge is -1.92. The van der Waals surface area contributed by atoms with Crippen molar-refractivity contribution in [3.05, 3.63) is 0 Å². The maximum Gasteiger partial charge on any atom is 0.300 e. The molecule has 0 atom stereocenters. The number of aliphatic carboxylic acids is 4. The van der Waals surface area contributed by atoms with E-state index >= 15 is 0 Å². The lowest BCUT2D eigenvalue weighted by molar-refractivity contribution is -0.135. The number of rotatable bonds is 3. The van der Waals surface area contributed by atoms with Gasteiger partial charge in [-0.3, -0.25) is 19.2 Å². The summed E-state index contributed by atoms with van der Waals surface area (Å²) < 4.78 is 0. The predicted octanol–water partition coefficient (Wildman–Crippen LogP) is -0.0818. The highest BCUT2D eigenvalue weighted by molar-refractivity contribution is 5.63. The van der Waals surface area contributed by atoms with E-state index < -0.39 is 23.9 Å². The zero-order valence-corrected chi connectivity index (χ0v) is 13.6. The van der Waals surface area contributed by atoms with E-state index in [4.69, 9.17) is 45.3 Å². The molecule has 10 nitrogen and oxygen atoms in total. The zero-order chi connectivity index (χ0) is 19.1. The van der Waals surface area contributed by atoms with Crippen LogP contribution >= 0.6 is 0 Å². The summed E-state index contributed by atoms with van der Waals surface area (Å²) in [6, 6.07) is 0. The van der Waals surface area contributed by atoms with Crippen molar-refractivity contribution in [2.45, 2.75) is 34.6 Å². The van der Waals surface area contributed by atoms with Crippen LogP contribution in [0.2, 0.25) is 0 Å². The second-order valence-corrected chi connectivity index (χ2v) is 3.22. The summed E-state index contributed by atoms with van der Waals surface area (Å²) in [6.07, 6.45) is 0. The van der Waals surface area contributed by atoms with E-state index in [2.05, 4.69) is 12.2 Å². The highest BCUT2D eigenvalue weighted by Gasteiger charge is 1.71. The molecule has 0 aromatic carbocycles. The molecular formula is C12H28N2O8. The molecule has 0 bridgehead atoms. The van der Waals surface area contributed by atoms with Crippen LogP contribution in [0.15, 0.2) is 0 Å². The van der Waals surface area contributed by atoms with E-state index in [1.165, 1.54) is 0 Å². The average Bonchev–Trinajstić information content (AvgIpc) is 2.23. The van der Waals surface area contributed by atoms with E-state index in [0.29, 0.717) is 0 Å². The minimum atomic E-state index is -0.833. The fourth-order valence-electron chi connectivity index (χ4n) is 0.279. The molecule has 0 saturated carbocycles. The van der Waals surface area contributed by atoms with Crippen LogP contribution in [-0.2, 0) is 19.2 Å². The Hall–Kier alpha value is -2.20. The van der Waals surface area contributed by atoms with Gasteiger partial charge >= 0.3 is 0 Å². The third-order valence-corrected chi connectivity index (χ3v) is 0.571. The molecule has 10 heteroatoms.